The summed E-state index contributed by atoms with van der Waals surface area (Å²) < 4.78 is 13.3. The van der Waals surface area contributed by atoms with E-state index >= 15 is 0 Å². The summed E-state index contributed by atoms with van der Waals surface area (Å²) in [6.07, 6.45) is 2.55. The van der Waals surface area contributed by atoms with Gasteiger partial charge in [0, 0.05) is 11.7 Å². The van der Waals surface area contributed by atoms with Crippen LogP contribution in [0.2, 0.25) is 0 Å². The Labute approximate surface area is 107 Å². The van der Waals surface area contributed by atoms with Gasteiger partial charge >= 0.3 is 0 Å². The lowest BCUT2D eigenvalue weighted by molar-refractivity contribution is 0.590. The van der Waals surface area contributed by atoms with Crippen LogP contribution in [0.5, 0.6) is 0 Å². The molecule has 0 unspecified atom stereocenters. The fourth-order valence-electron chi connectivity index (χ4n) is 1.76. The molecule has 2 nitrogen and oxygen atoms in total. The smallest absolute Gasteiger partial charge is 0.170 e. The predicted molar refractivity (Wildman–Crippen MR) is 72.7 cm³/mol. The van der Waals surface area contributed by atoms with E-state index in [9.17, 15) is 4.39 Å². The van der Waals surface area contributed by atoms with E-state index in [1.807, 2.05) is 6.07 Å². The molecule has 2 rings (SSSR count). The van der Waals surface area contributed by atoms with Crippen molar-refractivity contribution >= 4 is 23.0 Å². The molecule has 0 radical (unpaired) electrons. The molecule has 0 aliphatic heterocycles. The number of benzene rings is 1. The van der Waals surface area contributed by atoms with Crippen LogP contribution < -0.4 is 10.6 Å². The molecule has 17 heavy (non-hydrogen) atoms. The van der Waals surface area contributed by atoms with Gasteiger partial charge in [0.25, 0.3) is 0 Å². The maximum absolute atomic E-state index is 13.3. The van der Waals surface area contributed by atoms with Gasteiger partial charge in [0.15, 0.2) is 5.11 Å². The molecule has 1 atom stereocenters. The van der Waals surface area contributed by atoms with Crippen molar-refractivity contribution < 1.29 is 4.39 Å². The molecule has 1 saturated carbocycles. The third-order valence-electron chi connectivity index (χ3n) is 3.12. The highest BCUT2D eigenvalue weighted by Crippen LogP contribution is 2.32. The fourth-order valence-corrected chi connectivity index (χ4v) is 2.06. The number of anilines is 1. The van der Waals surface area contributed by atoms with Gasteiger partial charge in [-0.2, -0.15) is 0 Å². The highest BCUT2D eigenvalue weighted by Gasteiger charge is 2.28. The molecule has 1 aliphatic carbocycles. The second-order valence-electron chi connectivity index (χ2n) is 4.69. The van der Waals surface area contributed by atoms with Gasteiger partial charge in [0.05, 0.1) is 0 Å². The molecule has 4 heteroatoms. The summed E-state index contributed by atoms with van der Waals surface area (Å²) >= 11 is 5.19. The number of hydrogen-bond donors (Lipinski definition) is 2. The standard InChI is InChI=1S/C13H17FN2S/c1-8-3-6-11(7-12(8)14)16-13(17)15-9(2)10-4-5-10/h3,6-7,9-10H,4-5H2,1-2H3,(H2,15,16,17)/t9-/m1/s1. The first kappa shape index (κ1) is 12.3. The largest absolute Gasteiger partial charge is 0.360 e. The van der Waals surface area contributed by atoms with Gasteiger partial charge in [-0.1, -0.05) is 6.07 Å². The Balaban J connectivity index is 1.90. The minimum atomic E-state index is -0.215. The number of halogens is 1. The molecular weight excluding hydrogens is 235 g/mol. The third kappa shape index (κ3) is 3.40. The zero-order valence-electron chi connectivity index (χ0n) is 10.1. The minimum Gasteiger partial charge on any atom is -0.360 e. The van der Waals surface area contributed by atoms with Crippen LogP contribution in [0.15, 0.2) is 18.2 Å². The number of nitrogens with one attached hydrogen (secondary N) is 2. The van der Waals surface area contributed by atoms with Gasteiger partial charge in [0.2, 0.25) is 0 Å². The van der Waals surface area contributed by atoms with E-state index in [2.05, 4.69) is 17.6 Å². The first-order valence-corrected chi connectivity index (χ1v) is 6.31. The molecule has 0 bridgehead atoms. The lowest BCUT2D eigenvalue weighted by Gasteiger charge is -2.16. The van der Waals surface area contributed by atoms with Crippen LogP contribution in [0.3, 0.4) is 0 Å². The van der Waals surface area contributed by atoms with Crippen LogP contribution in [-0.2, 0) is 0 Å². The maximum Gasteiger partial charge on any atom is 0.170 e. The SMILES string of the molecule is Cc1ccc(NC(=S)N[C@H](C)C2CC2)cc1F. The monoisotopic (exact) mass is 252 g/mol. The Bertz CT molecular complexity index is 429. The molecular formula is C13H17FN2S. The Morgan fingerprint density at radius 1 is 1.47 bits per heavy atom. The van der Waals surface area contributed by atoms with Crippen molar-refractivity contribution in [2.24, 2.45) is 5.92 Å². The molecule has 1 aromatic carbocycles. The first-order valence-electron chi connectivity index (χ1n) is 5.90. The van der Waals surface area contributed by atoms with Gasteiger partial charge in [-0.05, 0) is 62.5 Å². The Kier molecular flexibility index (Phi) is 3.62. The topological polar surface area (TPSA) is 24.1 Å². The predicted octanol–water partition coefficient (Wildman–Crippen LogP) is 3.22. The minimum absolute atomic E-state index is 0.215. The normalized spacial score (nSPS) is 16.4. The van der Waals surface area contributed by atoms with Crippen LogP contribution in [0.1, 0.15) is 25.3 Å². The van der Waals surface area contributed by atoms with E-state index in [-0.39, 0.29) is 5.82 Å². The van der Waals surface area contributed by atoms with Crippen LogP contribution in [-0.4, -0.2) is 11.2 Å². The zero-order valence-corrected chi connectivity index (χ0v) is 10.9. The van der Waals surface area contributed by atoms with Crippen LogP contribution in [0.25, 0.3) is 0 Å². The average Bonchev–Trinajstić information content (AvgIpc) is 3.06. The highest BCUT2D eigenvalue weighted by atomic mass is 32.1. The van der Waals surface area contributed by atoms with Crippen molar-refractivity contribution in [3.63, 3.8) is 0 Å². The Morgan fingerprint density at radius 3 is 2.76 bits per heavy atom. The molecule has 0 heterocycles. The quantitative estimate of drug-likeness (QED) is 0.808. The second kappa shape index (κ2) is 5.00. The maximum atomic E-state index is 13.3. The van der Waals surface area contributed by atoms with E-state index in [4.69, 9.17) is 12.2 Å². The fraction of sp³-hybridized carbons (Fsp3) is 0.462. The summed E-state index contributed by atoms with van der Waals surface area (Å²) in [6, 6.07) is 5.43. The van der Waals surface area contributed by atoms with Crippen molar-refractivity contribution in [1.82, 2.24) is 5.32 Å². The summed E-state index contributed by atoms with van der Waals surface area (Å²) in [5.74, 6) is 0.526. The number of hydrogen-bond acceptors (Lipinski definition) is 1. The van der Waals surface area contributed by atoms with E-state index in [1.54, 1.807) is 13.0 Å². The van der Waals surface area contributed by atoms with E-state index < -0.39 is 0 Å². The average molecular weight is 252 g/mol. The number of thiocarbonyl (C=S) groups is 1. The molecule has 1 aromatic rings. The molecule has 1 fully saturated rings. The Morgan fingerprint density at radius 2 is 2.18 bits per heavy atom. The number of rotatable bonds is 3. The Hall–Kier alpha value is -1.16. The highest BCUT2D eigenvalue weighted by molar-refractivity contribution is 7.80. The van der Waals surface area contributed by atoms with Crippen molar-refractivity contribution in [1.29, 1.82) is 0 Å². The molecule has 1 aliphatic rings. The van der Waals surface area contributed by atoms with Gasteiger partial charge in [-0.3, -0.25) is 0 Å². The van der Waals surface area contributed by atoms with Crippen LogP contribution in [0.4, 0.5) is 10.1 Å². The van der Waals surface area contributed by atoms with Crippen LogP contribution in [0, 0.1) is 18.7 Å². The van der Waals surface area contributed by atoms with E-state index in [0.717, 1.165) is 5.92 Å². The van der Waals surface area contributed by atoms with Crippen molar-refractivity contribution in [2.45, 2.75) is 32.7 Å². The van der Waals surface area contributed by atoms with Gasteiger partial charge in [-0.15, -0.1) is 0 Å². The number of aryl methyl sites for hydroxylation is 1. The van der Waals surface area contributed by atoms with Crippen molar-refractivity contribution in [3.05, 3.63) is 29.6 Å². The summed E-state index contributed by atoms with van der Waals surface area (Å²) in [5, 5.41) is 6.79. The molecule has 0 aromatic heterocycles. The van der Waals surface area contributed by atoms with Crippen molar-refractivity contribution in [2.75, 3.05) is 5.32 Å². The van der Waals surface area contributed by atoms with E-state index in [0.29, 0.717) is 22.4 Å². The van der Waals surface area contributed by atoms with Crippen LogP contribution >= 0.6 is 12.2 Å². The van der Waals surface area contributed by atoms with Gasteiger partial charge in [-0.25, -0.2) is 4.39 Å². The lowest BCUT2D eigenvalue weighted by Crippen LogP contribution is -2.37. The summed E-state index contributed by atoms with van der Waals surface area (Å²) in [5.41, 5.74) is 1.33. The summed E-state index contributed by atoms with van der Waals surface area (Å²) in [6.45, 7) is 3.87. The van der Waals surface area contributed by atoms with E-state index in [1.165, 1.54) is 18.9 Å². The lowest BCUT2D eigenvalue weighted by atomic mass is 10.2. The third-order valence-corrected chi connectivity index (χ3v) is 3.34. The zero-order chi connectivity index (χ0) is 12.4. The van der Waals surface area contributed by atoms with Gasteiger partial charge < -0.3 is 10.6 Å². The molecule has 0 amide bonds. The molecule has 0 saturated heterocycles. The molecule has 0 spiro atoms. The second-order valence-corrected chi connectivity index (χ2v) is 5.10. The summed E-state index contributed by atoms with van der Waals surface area (Å²) in [4.78, 5) is 0. The molecule has 92 valence electrons. The first-order chi connectivity index (χ1) is 8.06. The molecule has 2 N–H and O–H groups in total. The van der Waals surface area contributed by atoms with Crippen molar-refractivity contribution in [3.8, 4) is 0 Å². The van der Waals surface area contributed by atoms with Gasteiger partial charge in [0.1, 0.15) is 5.82 Å². The summed E-state index contributed by atoms with van der Waals surface area (Å²) in [7, 11) is 0.